The highest BCUT2D eigenvalue weighted by molar-refractivity contribution is 7.16. The number of thiazole rings is 1. The van der Waals surface area contributed by atoms with Gasteiger partial charge < -0.3 is 4.98 Å². The van der Waals surface area contributed by atoms with Crippen molar-refractivity contribution in [2.45, 2.75) is 0 Å². The summed E-state index contributed by atoms with van der Waals surface area (Å²) in [5.41, 5.74) is 1.54. The first-order chi connectivity index (χ1) is 11.8. The smallest absolute Gasteiger partial charge is 0.259 e. The molecule has 0 aliphatic rings. The highest BCUT2D eigenvalue weighted by Crippen LogP contribution is 2.26. The van der Waals surface area contributed by atoms with Crippen LogP contribution in [0.3, 0.4) is 0 Å². The molecule has 0 aliphatic heterocycles. The number of nitrogens with one attached hydrogen (secondary N) is 1. The van der Waals surface area contributed by atoms with E-state index in [1.807, 2.05) is 30.5 Å². The van der Waals surface area contributed by atoms with Gasteiger partial charge in [0.25, 0.3) is 5.56 Å². The average Bonchev–Trinajstić information content (AvgIpc) is 3.10. The van der Waals surface area contributed by atoms with Gasteiger partial charge in [-0.3, -0.25) is 9.78 Å². The maximum absolute atomic E-state index is 12.0. The lowest BCUT2D eigenvalue weighted by Crippen LogP contribution is -2.09. The Morgan fingerprint density at radius 1 is 1.04 bits per heavy atom. The lowest BCUT2D eigenvalue weighted by Gasteiger charge is -1.97. The van der Waals surface area contributed by atoms with E-state index >= 15 is 0 Å². The molecule has 0 radical (unpaired) electrons. The Morgan fingerprint density at radius 3 is 2.79 bits per heavy atom. The molecule has 24 heavy (non-hydrogen) atoms. The topological polar surface area (TPSA) is 71.5 Å². The average molecular weight is 332 g/mol. The predicted octanol–water partition coefficient (Wildman–Crippen LogP) is 3.61. The van der Waals surface area contributed by atoms with Crippen molar-refractivity contribution in [3.8, 4) is 10.4 Å². The number of nitrogens with zero attached hydrogens (tertiary/aromatic N) is 3. The lowest BCUT2D eigenvalue weighted by atomic mass is 10.2. The molecule has 0 unspecified atom stereocenters. The molecular formula is C18H12N4OS. The Hall–Kier alpha value is -3.12. The number of benzene rings is 1. The van der Waals surface area contributed by atoms with Gasteiger partial charge in [-0.1, -0.05) is 30.3 Å². The second-order valence-corrected chi connectivity index (χ2v) is 6.17. The maximum Gasteiger partial charge on any atom is 0.259 e. The molecule has 0 fully saturated rings. The van der Waals surface area contributed by atoms with E-state index in [0.717, 1.165) is 15.4 Å². The van der Waals surface area contributed by atoms with E-state index in [1.54, 1.807) is 35.9 Å². The van der Waals surface area contributed by atoms with Gasteiger partial charge in [-0.25, -0.2) is 9.97 Å². The van der Waals surface area contributed by atoms with Gasteiger partial charge in [-0.2, -0.15) is 0 Å². The minimum Gasteiger partial charge on any atom is -0.306 e. The summed E-state index contributed by atoms with van der Waals surface area (Å²) in [5, 5.41) is 1.38. The van der Waals surface area contributed by atoms with Gasteiger partial charge in [0.05, 0.1) is 22.0 Å². The lowest BCUT2D eigenvalue weighted by molar-refractivity contribution is 1.13. The molecule has 0 spiro atoms. The fourth-order valence-electron chi connectivity index (χ4n) is 2.34. The third-order valence-electron chi connectivity index (χ3n) is 3.49. The van der Waals surface area contributed by atoms with Crippen LogP contribution in [0.1, 0.15) is 10.8 Å². The molecule has 0 saturated heterocycles. The Balaban J connectivity index is 1.64. The molecule has 5 nitrogen and oxygen atoms in total. The molecule has 0 saturated carbocycles. The number of fused-ring (bicyclic) bond motifs is 1. The summed E-state index contributed by atoms with van der Waals surface area (Å²) in [6.45, 7) is 0. The summed E-state index contributed by atoms with van der Waals surface area (Å²) in [4.78, 5) is 28.7. The van der Waals surface area contributed by atoms with Gasteiger partial charge >= 0.3 is 0 Å². The van der Waals surface area contributed by atoms with E-state index in [0.29, 0.717) is 16.7 Å². The van der Waals surface area contributed by atoms with E-state index in [-0.39, 0.29) is 5.56 Å². The largest absolute Gasteiger partial charge is 0.306 e. The van der Waals surface area contributed by atoms with Crippen molar-refractivity contribution in [2.75, 3.05) is 0 Å². The standard InChI is InChI=1S/C18H12N4OS/c23-18-13-8-9-19-10-14(13)21-16(22-18)6-7-17-20-11-15(24-17)12-4-2-1-3-5-12/h1-11H,(H,21,22,23). The van der Waals surface area contributed by atoms with E-state index in [4.69, 9.17) is 0 Å². The fraction of sp³-hybridized carbons (Fsp3) is 0. The Labute approximate surface area is 141 Å². The molecule has 4 rings (SSSR count). The first kappa shape index (κ1) is 14.5. The maximum atomic E-state index is 12.0. The van der Waals surface area contributed by atoms with Crippen LogP contribution in [0.25, 0.3) is 33.5 Å². The number of pyridine rings is 1. The molecule has 4 aromatic rings. The SMILES string of the molecule is O=c1[nH]c(C=Cc2ncc(-c3ccccc3)s2)nc2cnccc12. The molecule has 0 bridgehead atoms. The highest BCUT2D eigenvalue weighted by atomic mass is 32.1. The highest BCUT2D eigenvalue weighted by Gasteiger charge is 2.03. The van der Waals surface area contributed by atoms with Crippen molar-refractivity contribution in [1.82, 2.24) is 19.9 Å². The van der Waals surface area contributed by atoms with Crippen LogP contribution in [0.2, 0.25) is 0 Å². The first-order valence-electron chi connectivity index (χ1n) is 7.33. The van der Waals surface area contributed by atoms with Gasteiger partial charge in [-0.15, -0.1) is 11.3 Å². The van der Waals surface area contributed by atoms with Crippen LogP contribution in [-0.4, -0.2) is 19.9 Å². The first-order valence-corrected chi connectivity index (χ1v) is 8.15. The zero-order valence-electron chi connectivity index (χ0n) is 12.5. The summed E-state index contributed by atoms with van der Waals surface area (Å²) < 4.78 is 0. The van der Waals surface area contributed by atoms with Crippen molar-refractivity contribution in [2.24, 2.45) is 0 Å². The molecule has 1 aromatic carbocycles. The molecule has 6 heteroatoms. The van der Waals surface area contributed by atoms with Gasteiger partial charge in [-0.05, 0) is 23.8 Å². The van der Waals surface area contributed by atoms with Crippen molar-refractivity contribution in [3.63, 3.8) is 0 Å². The summed E-state index contributed by atoms with van der Waals surface area (Å²) in [6, 6.07) is 11.8. The predicted molar refractivity (Wildman–Crippen MR) is 96.6 cm³/mol. The van der Waals surface area contributed by atoms with Crippen LogP contribution in [0.5, 0.6) is 0 Å². The van der Waals surface area contributed by atoms with E-state index < -0.39 is 0 Å². The number of hydrogen-bond donors (Lipinski definition) is 1. The Kier molecular flexibility index (Phi) is 3.72. The zero-order valence-corrected chi connectivity index (χ0v) is 13.3. The van der Waals surface area contributed by atoms with Gasteiger partial charge in [0, 0.05) is 12.4 Å². The van der Waals surface area contributed by atoms with Crippen LogP contribution in [-0.2, 0) is 0 Å². The number of hydrogen-bond acceptors (Lipinski definition) is 5. The van der Waals surface area contributed by atoms with Crippen LogP contribution in [0.4, 0.5) is 0 Å². The van der Waals surface area contributed by atoms with E-state index in [9.17, 15) is 4.79 Å². The number of rotatable bonds is 3. The van der Waals surface area contributed by atoms with E-state index in [1.165, 1.54) is 0 Å². The van der Waals surface area contributed by atoms with Crippen LogP contribution in [0, 0.1) is 0 Å². The molecule has 3 heterocycles. The van der Waals surface area contributed by atoms with Crippen LogP contribution in [0.15, 0.2) is 59.8 Å². The summed E-state index contributed by atoms with van der Waals surface area (Å²) in [6.07, 6.45) is 8.60. The molecular weight excluding hydrogens is 320 g/mol. The third-order valence-corrected chi connectivity index (χ3v) is 4.50. The molecule has 0 atom stereocenters. The second kappa shape index (κ2) is 6.17. The Morgan fingerprint density at radius 2 is 1.92 bits per heavy atom. The summed E-state index contributed by atoms with van der Waals surface area (Å²) in [5.74, 6) is 0.483. The van der Waals surface area contributed by atoms with Crippen molar-refractivity contribution in [1.29, 1.82) is 0 Å². The van der Waals surface area contributed by atoms with Gasteiger partial charge in [0.2, 0.25) is 0 Å². The third kappa shape index (κ3) is 2.87. The van der Waals surface area contributed by atoms with Gasteiger partial charge in [0.1, 0.15) is 10.8 Å². The second-order valence-electron chi connectivity index (χ2n) is 5.11. The van der Waals surface area contributed by atoms with Crippen molar-refractivity contribution < 1.29 is 0 Å². The number of aromatic amines is 1. The normalized spacial score (nSPS) is 11.3. The summed E-state index contributed by atoms with van der Waals surface area (Å²) in [7, 11) is 0. The van der Waals surface area contributed by atoms with Crippen LogP contribution >= 0.6 is 11.3 Å². The van der Waals surface area contributed by atoms with Crippen molar-refractivity contribution in [3.05, 3.63) is 76.2 Å². The van der Waals surface area contributed by atoms with Gasteiger partial charge in [0.15, 0.2) is 0 Å². The monoisotopic (exact) mass is 332 g/mol. The zero-order chi connectivity index (χ0) is 16.4. The number of H-pyrrole nitrogens is 1. The van der Waals surface area contributed by atoms with Crippen LogP contribution < -0.4 is 5.56 Å². The molecule has 0 aliphatic carbocycles. The number of aromatic nitrogens is 4. The molecule has 3 aromatic heterocycles. The minimum atomic E-state index is -0.175. The minimum absolute atomic E-state index is 0.175. The summed E-state index contributed by atoms with van der Waals surface area (Å²) >= 11 is 1.58. The van der Waals surface area contributed by atoms with Crippen molar-refractivity contribution >= 4 is 34.4 Å². The molecule has 0 amide bonds. The Bertz CT molecular complexity index is 1080. The van der Waals surface area contributed by atoms with E-state index in [2.05, 4.69) is 32.1 Å². The molecule has 1 N–H and O–H groups in total. The quantitative estimate of drug-likeness (QED) is 0.622. The fourth-order valence-corrected chi connectivity index (χ4v) is 3.16. The molecule has 116 valence electrons.